The Kier molecular flexibility index (Phi) is 6.65. The first-order valence-electron chi connectivity index (χ1n) is 12.3. The van der Waals surface area contributed by atoms with Crippen LogP contribution in [0.5, 0.6) is 11.5 Å². The van der Waals surface area contributed by atoms with Gasteiger partial charge in [-0.05, 0) is 93.0 Å². The number of nitrogens with one attached hydrogen (secondary N) is 1. The Morgan fingerprint density at radius 3 is 2.41 bits per heavy atom. The molecule has 37 heavy (non-hydrogen) atoms. The third-order valence-corrected chi connectivity index (χ3v) is 7.45. The van der Waals surface area contributed by atoms with Crippen LogP contribution in [0.15, 0.2) is 66.9 Å². The quantitative estimate of drug-likeness (QED) is 0.306. The van der Waals surface area contributed by atoms with Crippen LogP contribution >= 0.6 is 12.2 Å². The lowest BCUT2D eigenvalue weighted by molar-refractivity contribution is 0.394. The average molecular weight is 513 g/mol. The van der Waals surface area contributed by atoms with Crippen LogP contribution < -0.4 is 19.7 Å². The lowest BCUT2D eigenvalue weighted by atomic mass is 9.96. The standard InChI is InChI=1S/C30H32N4O2S/c1-18-10-11-19(2)26(15-18)33-20(3)16-23(21(33)4)29-28(24-9-7-8-14-31-24)32-30(37)34(29)25-13-12-22(35-5)17-27(25)36-6/h7-17,28-29H,1-6H3,(H,32,37)/t28-,29+/m0/s1. The Morgan fingerprint density at radius 1 is 0.892 bits per heavy atom. The molecule has 0 aliphatic carbocycles. The van der Waals surface area contributed by atoms with E-state index in [4.69, 9.17) is 26.7 Å². The molecule has 2 aromatic carbocycles. The van der Waals surface area contributed by atoms with E-state index in [0.717, 1.165) is 17.1 Å². The van der Waals surface area contributed by atoms with Gasteiger partial charge in [-0.3, -0.25) is 4.98 Å². The second kappa shape index (κ2) is 9.90. The summed E-state index contributed by atoms with van der Waals surface area (Å²) in [4.78, 5) is 6.86. The maximum atomic E-state index is 5.95. The molecule has 6 nitrogen and oxygen atoms in total. The van der Waals surface area contributed by atoms with Crippen molar-refractivity contribution in [2.45, 2.75) is 39.8 Å². The number of aromatic nitrogens is 2. The van der Waals surface area contributed by atoms with Crippen molar-refractivity contribution >= 4 is 23.0 Å². The molecule has 5 rings (SSSR count). The van der Waals surface area contributed by atoms with Crippen LogP contribution in [0.1, 0.15) is 45.9 Å². The molecule has 1 saturated heterocycles. The van der Waals surface area contributed by atoms with E-state index in [1.807, 2.05) is 42.6 Å². The maximum absolute atomic E-state index is 5.95. The van der Waals surface area contributed by atoms with Crippen LogP contribution in [0.4, 0.5) is 5.69 Å². The zero-order valence-electron chi connectivity index (χ0n) is 22.1. The van der Waals surface area contributed by atoms with E-state index in [1.54, 1.807) is 14.2 Å². The first-order valence-corrected chi connectivity index (χ1v) is 12.7. The van der Waals surface area contributed by atoms with Gasteiger partial charge in [0.05, 0.1) is 37.7 Å². The van der Waals surface area contributed by atoms with Crippen molar-refractivity contribution in [2.24, 2.45) is 0 Å². The van der Waals surface area contributed by atoms with Gasteiger partial charge in [-0.1, -0.05) is 18.2 Å². The number of thiocarbonyl (C=S) groups is 1. The Bertz CT molecular complexity index is 1460. The van der Waals surface area contributed by atoms with Crippen LogP contribution in [0.2, 0.25) is 0 Å². The SMILES string of the molecule is COc1ccc(N2C(=S)N[C@@H](c3ccccn3)[C@H]2c2cc(C)n(-c3cc(C)ccc3C)c2C)c(OC)c1. The monoisotopic (exact) mass is 512 g/mol. The van der Waals surface area contributed by atoms with Crippen molar-refractivity contribution in [2.75, 3.05) is 19.1 Å². The summed E-state index contributed by atoms with van der Waals surface area (Å²) >= 11 is 5.95. The fraction of sp³-hybridized carbons (Fsp3) is 0.267. The smallest absolute Gasteiger partial charge is 0.174 e. The second-order valence-electron chi connectivity index (χ2n) is 9.49. The van der Waals surface area contributed by atoms with E-state index in [0.29, 0.717) is 10.9 Å². The van der Waals surface area contributed by atoms with Crippen molar-refractivity contribution in [3.05, 3.63) is 101 Å². The Balaban J connectivity index is 1.72. The number of methoxy groups -OCH3 is 2. The molecule has 0 unspecified atom stereocenters. The molecule has 0 amide bonds. The van der Waals surface area contributed by atoms with Crippen molar-refractivity contribution in [3.63, 3.8) is 0 Å². The summed E-state index contributed by atoms with van der Waals surface area (Å²) in [5.41, 5.74) is 8.98. The molecule has 3 heterocycles. The predicted octanol–water partition coefficient (Wildman–Crippen LogP) is 6.30. The molecule has 0 spiro atoms. The molecular weight excluding hydrogens is 480 g/mol. The van der Waals surface area contributed by atoms with E-state index in [2.05, 4.69) is 66.7 Å². The summed E-state index contributed by atoms with van der Waals surface area (Å²) in [6, 6.07) is 20.4. The molecule has 190 valence electrons. The fourth-order valence-electron chi connectivity index (χ4n) is 5.33. The molecule has 2 aromatic heterocycles. The molecule has 1 fully saturated rings. The van der Waals surface area contributed by atoms with Crippen molar-refractivity contribution in [1.29, 1.82) is 0 Å². The van der Waals surface area contributed by atoms with Gasteiger partial charge in [-0.15, -0.1) is 0 Å². The van der Waals surface area contributed by atoms with Gasteiger partial charge in [0.1, 0.15) is 11.5 Å². The zero-order chi connectivity index (χ0) is 26.3. The third kappa shape index (κ3) is 4.33. The van der Waals surface area contributed by atoms with E-state index < -0.39 is 0 Å². The Morgan fingerprint density at radius 2 is 1.70 bits per heavy atom. The molecule has 7 heteroatoms. The topological polar surface area (TPSA) is 51.5 Å². The number of aryl methyl sites for hydroxylation is 3. The number of benzene rings is 2. The van der Waals surface area contributed by atoms with Gasteiger partial charge in [0.25, 0.3) is 0 Å². The third-order valence-electron chi connectivity index (χ3n) is 7.14. The molecule has 0 bridgehead atoms. The zero-order valence-corrected chi connectivity index (χ0v) is 22.9. The minimum Gasteiger partial charge on any atom is -0.497 e. The fourth-order valence-corrected chi connectivity index (χ4v) is 5.67. The minimum absolute atomic E-state index is 0.144. The average Bonchev–Trinajstić information content (AvgIpc) is 3.40. The summed E-state index contributed by atoms with van der Waals surface area (Å²) in [5, 5.41) is 4.19. The molecule has 0 saturated carbocycles. The molecular formula is C30H32N4O2S. The second-order valence-corrected chi connectivity index (χ2v) is 9.87. The highest BCUT2D eigenvalue weighted by atomic mass is 32.1. The number of anilines is 1. The van der Waals surface area contributed by atoms with Gasteiger partial charge >= 0.3 is 0 Å². The molecule has 1 N–H and O–H groups in total. The van der Waals surface area contributed by atoms with Crippen molar-refractivity contribution in [3.8, 4) is 17.2 Å². The first-order chi connectivity index (χ1) is 17.8. The first kappa shape index (κ1) is 24.8. The van der Waals surface area contributed by atoms with Gasteiger partial charge < -0.3 is 24.3 Å². The van der Waals surface area contributed by atoms with Gasteiger partial charge in [0.2, 0.25) is 0 Å². The summed E-state index contributed by atoms with van der Waals surface area (Å²) in [7, 11) is 3.32. The summed E-state index contributed by atoms with van der Waals surface area (Å²) in [5.74, 6) is 1.42. The predicted molar refractivity (Wildman–Crippen MR) is 152 cm³/mol. The molecule has 4 aromatic rings. The molecule has 1 aliphatic heterocycles. The number of hydrogen-bond donors (Lipinski definition) is 1. The van der Waals surface area contributed by atoms with E-state index >= 15 is 0 Å². The largest absolute Gasteiger partial charge is 0.497 e. The maximum Gasteiger partial charge on any atom is 0.174 e. The van der Waals surface area contributed by atoms with Crippen LogP contribution in [0, 0.1) is 27.7 Å². The normalized spacial score (nSPS) is 17.1. The molecule has 1 aliphatic rings. The van der Waals surface area contributed by atoms with Crippen LogP contribution in [-0.2, 0) is 0 Å². The van der Waals surface area contributed by atoms with E-state index in [1.165, 1.54) is 33.8 Å². The lowest BCUT2D eigenvalue weighted by Gasteiger charge is -2.29. The van der Waals surface area contributed by atoms with Gasteiger partial charge in [-0.25, -0.2) is 0 Å². The highest BCUT2D eigenvalue weighted by molar-refractivity contribution is 7.80. The van der Waals surface area contributed by atoms with Gasteiger partial charge in [0, 0.05) is 29.3 Å². The van der Waals surface area contributed by atoms with Crippen LogP contribution in [0.25, 0.3) is 5.69 Å². The van der Waals surface area contributed by atoms with Crippen molar-refractivity contribution in [1.82, 2.24) is 14.9 Å². The van der Waals surface area contributed by atoms with Gasteiger partial charge in [0.15, 0.2) is 5.11 Å². The molecule has 2 atom stereocenters. The highest BCUT2D eigenvalue weighted by Crippen LogP contribution is 2.47. The summed E-state index contributed by atoms with van der Waals surface area (Å²) < 4.78 is 13.6. The van der Waals surface area contributed by atoms with E-state index in [-0.39, 0.29) is 12.1 Å². The van der Waals surface area contributed by atoms with Crippen LogP contribution in [0.3, 0.4) is 0 Å². The number of rotatable bonds is 6. The molecule has 0 radical (unpaired) electrons. The van der Waals surface area contributed by atoms with Crippen LogP contribution in [-0.4, -0.2) is 28.9 Å². The number of pyridine rings is 1. The van der Waals surface area contributed by atoms with E-state index in [9.17, 15) is 0 Å². The number of hydrogen-bond acceptors (Lipinski definition) is 4. The number of nitrogens with zero attached hydrogens (tertiary/aromatic N) is 3. The highest BCUT2D eigenvalue weighted by Gasteiger charge is 2.43. The minimum atomic E-state index is -0.145. The van der Waals surface area contributed by atoms with Crippen molar-refractivity contribution < 1.29 is 9.47 Å². The Labute approximate surface area is 223 Å². The summed E-state index contributed by atoms with van der Waals surface area (Å²) in [6.45, 7) is 8.63. The summed E-state index contributed by atoms with van der Waals surface area (Å²) in [6.07, 6.45) is 1.83. The lowest BCUT2D eigenvalue weighted by Crippen LogP contribution is -2.30. The Hall–Kier alpha value is -3.84. The number of ether oxygens (including phenoxy) is 2. The van der Waals surface area contributed by atoms with Gasteiger partial charge in [-0.2, -0.15) is 0 Å².